The molecule has 0 radical (unpaired) electrons. The average Bonchev–Trinajstić information content (AvgIpc) is 2.00. The maximum Gasteiger partial charge on any atom is 0.211 e. The van der Waals surface area contributed by atoms with E-state index in [1.165, 1.54) is 11.4 Å². The summed E-state index contributed by atoms with van der Waals surface area (Å²) in [7, 11) is -5.06. The predicted octanol–water partition coefficient (Wildman–Crippen LogP) is -0.841. The molecule has 0 rings (SSSR count). The fraction of sp³-hybridized carbons (Fsp3) is 1.00. The van der Waals surface area contributed by atoms with Crippen molar-refractivity contribution in [2.75, 3.05) is 39.2 Å². The van der Waals surface area contributed by atoms with Gasteiger partial charge < -0.3 is 0 Å². The highest BCUT2D eigenvalue weighted by Gasteiger charge is 2.17. The van der Waals surface area contributed by atoms with Crippen LogP contribution in [0.25, 0.3) is 0 Å². The third-order valence-corrected chi connectivity index (χ3v) is 4.75. The molecule has 0 aliphatic rings. The van der Waals surface area contributed by atoms with E-state index in [0.717, 1.165) is 16.8 Å². The largest absolute Gasteiger partial charge is 0.213 e. The maximum atomic E-state index is 11.2. The molecular weight excluding hydrogens is 240 g/mol. The molecule has 0 heterocycles. The maximum absolute atomic E-state index is 11.2. The van der Waals surface area contributed by atoms with Crippen LogP contribution in [0.1, 0.15) is 6.92 Å². The quantitative estimate of drug-likeness (QED) is 0.622. The number of hydrogen-bond acceptors (Lipinski definition) is 4. The Hall–Kier alpha value is -0.180. The molecule has 6 nitrogen and oxygen atoms in total. The Morgan fingerprint density at radius 1 is 0.933 bits per heavy atom. The minimum Gasteiger partial charge on any atom is -0.213 e. The van der Waals surface area contributed by atoms with E-state index in [1.54, 1.807) is 6.92 Å². The summed E-state index contributed by atoms with van der Waals surface area (Å²) in [5.41, 5.74) is 0. The molecule has 92 valence electrons. The van der Waals surface area contributed by atoms with Crippen LogP contribution in [0.4, 0.5) is 0 Å². The van der Waals surface area contributed by atoms with E-state index in [9.17, 15) is 16.8 Å². The fourth-order valence-corrected chi connectivity index (χ4v) is 2.27. The molecule has 0 fully saturated rings. The Morgan fingerprint density at radius 2 is 1.40 bits per heavy atom. The van der Waals surface area contributed by atoms with Gasteiger partial charge in [0, 0.05) is 26.7 Å². The van der Waals surface area contributed by atoms with E-state index in [-0.39, 0.29) is 13.1 Å². The van der Waals surface area contributed by atoms with Gasteiger partial charge in [-0.1, -0.05) is 6.92 Å². The highest BCUT2D eigenvalue weighted by molar-refractivity contribution is 7.88. The summed E-state index contributed by atoms with van der Waals surface area (Å²) >= 11 is 0. The van der Waals surface area contributed by atoms with E-state index in [1.807, 2.05) is 0 Å². The van der Waals surface area contributed by atoms with E-state index >= 15 is 0 Å². The predicted molar refractivity (Wildman–Crippen MR) is 59.6 cm³/mol. The van der Waals surface area contributed by atoms with Crippen LogP contribution in [0.3, 0.4) is 0 Å². The van der Waals surface area contributed by atoms with Crippen molar-refractivity contribution in [3.63, 3.8) is 0 Å². The first kappa shape index (κ1) is 14.8. The van der Waals surface area contributed by atoms with E-state index < -0.39 is 20.0 Å². The van der Waals surface area contributed by atoms with Crippen LogP contribution in [0.15, 0.2) is 0 Å². The molecule has 0 unspecified atom stereocenters. The second-order valence-corrected chi connectivity index (χ2v) is 7.41. The van der Waals surface area contributed by atoms with Gasteiger partial charge in [0.2, 0.25) is 20.0 Å². The zero-order valence-corrected chi connectivity index (χ0v) is 11.1. The molecule has 0 N–H and O–H groups in total. The normalized spacial score (nSPS) is 13.7. The topological polar surface area (TPSA) is 74.8 Å². The molecule has 0 bridgehead atoms. The molecule has 0 aliphatic carbocycles. The van der Waals surface area contributed by atoms with Gasteiger partial charge >= 0.3 is 0 Å². The lowest BCUT2D eigenvalue weighted by Crippen LogP contribution is -2.38. The van der Waals surface area contributed by atoms with Crippen LogP contribution in [-0.2, 0) is 20.0 Å². The van der Waals surface area contributed by atoms with Crippen molar-refractivity contribution in [2.45, 2.75) is 6.92 Å². The summed E-state index contributed by atoms with van der Waals surface area (Å²) < 4.78 is 46.8. The molecule has 0 atom stereocenters. The molecule has 15 heavy (non-hydrogen) atoms. The highest BCUT2D eigenvalue weighted by atomic mass is 32.2. The van der Waals surface area contributed by atoms with Gasteiger partial charge in [-0.15, -0.1) is 0 Å². The lowest BCUT2D eigenvalue weighted by atomic mass is 10.6. The third kappa shape index (κ3) is 5.45. The van der Waals surface area contributed by atoms with Crippen molar-refractivity contribution in [1.82, 2.24) is 8.61 Å². The summed E-state index contributed by atoms with van der Waals surface area (Å²) in [4.78, 5) is 0. The Balaban J connectivity index is 4.39. The molecule has 8 heteroatoms. The van der Waals surface area contributed by atoms with Crippen LogP contribution in [0.5, 0.6) is 0 Å². The van der Waals surface area contributed by atoms with Gasteiger partial charge in [-0.25, -0.2) is 25.4 Å². The summed E-state index contributed by atoms with van der Waals surface area (Å²) in [6, 6.07) is 0. The van der Waals surface area contributed by atoms with Crippen molar-refractivity contribution in [3.05, 3.63) is 0 Å². The van der Waals surface area contributed by atoms with Gasteiger partial charge in [0.25, 0.3) is 0 Å². The van der Waals surface area contributed by atoms with E-state index in [2.05, 4.69) is 0 Å². The Kier molecular flexibility index (Phi) is 5.18. The first-order valence-corrected chi connectivity index (χ1v) is 8.15. The Bertz CT molecular complexity index is 387. The summed E-state index contributed by atoms with van der Waals surface area (Å²) in [5, 5.41) is 0. The lowest BCUT2D eigenvalue weighted by Gasteiger charge is -2.21. The lowest BCUT2D eigenvalue weighted by molar-refractivity contribution is 0.383. The SMILES string of the molecule is CCN(CCN(C)S(C)(=O)=O)S(C)(=O)=O. The first-order valence-electron chi connectivity index (χ1n) is 4.45. The Morgan fingerprint density at radius 3 is 1.67 bits per heavy atom. The van der Waals surface area contributed by atoms with Crippen molar-refractivity contribution < 1.29 is 16.8 Å². The molecule has 0 aliphatic heterocycles. The van der Waals surface area contributed by atoms with E-state index in [4.69, 9.17) is 0 Å². The molecule has 0 aromatic carbocycles. The van der Waals surface area contributed by atoms with Crippen molar-refractivity contribution in [1.29, 1.82) is 0 Å². The highest BCUT2D eigenvalue weighted by Crippen LogP contribution is 1.99. The van der Waals surface area contributed by atoms with Gasteiger partial charge in [-0.3, -0.25) is 0 Å². The number of likely N-dealkylation sites (N-methyl/N-ethyl adjacent to an activating group) is 2. The molecule has 0 amide bonds. The van der Waals surface area contributed by atoms with Gasteiger partial charge in [0.05, 0.1) is 12.5 Å². The average molecular weight is 258 g/mol. The smallest absolute Gasteiger partial charge is 0.211 e. The number of sulfonamides is 2. The van der Waals surface area contributed by atoms with Gasteiger partial charge in [0.15, 0.2) is 0 Å². The zero-order chi connectivity index (χ0) is 12.3. The van der Waals surface area contributed by atoms with Crippen molar-refractivity contribution in [3.8, 4) is 0 Å². The van der Waals surface area contributed by atoms with Gasteiger partial charge in [-0.2, -0.15) is 0 Å². The first-order chi connectivity index (χ1) is 6.59. The van der Waals surface area contributed by atoms with Gasteiger partial charge in [0.1, 0.15) is 0 Å². The van der Waals surface area contributed by atoms with Crippen LogP contribution >= 0.6 is 0 Å². The second kappa shape index (κ2) is 5.24. The van der Waals surface area contributed by atoms with Crippen LogP contribution in [0, 0.1) is 0 Å². The summed E-state index contributed by atoms with van der Waals surface area (Å²) in [6.07, 6.45) is 2.20. The minimum absolute atomic E-state index is 0.166. The van der Waals surface area contributed by atoms with Crippen LogP contribution < -0.4 is 0 Å². The van der Waals surface area contributed by atoms with Gasteiger partial charge in [-0.05, 0) is 0 Å². The molecule has 0 saturated carbocycles. The molecule has 0 aromatic heterocycles. The number of rotatable bonds is 6. The number of hydrogen-bond donors (Lipinski definition) is 0. The minimum atomic E-state index is -3.24. The monoisotopic (exact) mass is 258 g/mol. The molecular formula is C7H18N2O4S2. The summed E-state index contributed by atoms with van der Waals surface area (Å²) in [5.74, 6) is 0. The van der Waals surface area contributed by atoms with Crippen LogP contribution in [0.2, 0.25) is 0 Å². The third-order valence-electron chi connectivity index (χ3n) is 2.05. The molecule has 0 saturated heterocycles. The van der Waals surface area contributed by atoms with Crippen LogP contribution in [-0.4, -0.2) is 64.6 Å². The standard InChI is InChI=1S/C7H18N2O4S2/c1-5-9(15(4,12)13)7-6-8(2)14(3,10)11/h5-7H2,1-4H3. The fourth-order valence-electron chi connectivity index (χ4n) is 0.977. The van der Waals surface area contributed by atoms with Crippen molar-refractivity contribution >= 4 is 20.0 Å². The van der Waals surface area contributed by atoms with Crippen molar-refractivity contribution in [2.24, 2.45) is 0 Å². The zero-order valence-electron chi connectivity index (χ0n) is 9.47. The molecule has 0 aromatic rings. The second-order valence-electron chi connectivity index (χ2n) is 3.34. The number of nitrogens with zero attached hydrogens (tertiary/aromatic N) is 2. The summed E-state index contributed by atoms with van der Waals surface area (Å²) in [6.45, 7) is 2.40. The Labute approximate surface area is 92.0 Å². The van der Waals surface area contributed by atoms with E-state index in [0.29, 0.717) is 6.54 Å². The molecule has 0 spiro atoms.